The van der Waals surface area contributed by atoms with E-state index in [1.54, 1.807) is 31.3 Å². The minimum absolute atomic E-state index is 0.103. The molecular formula is C19H23N3O3. The second-order valence-electron chi connectivity index (χ2n) is 6.00. The third kappa shape index (κ3) is 4.15. The van der Waals surface area contributed by atoms with E-state index in [9.17, 15) is 9.59 Å². The molecule has 0 fully saturated rings. The molecule has 1 aromatic carbocycles. The van der Waals surface area contributed by atoms with Crippen molar-refractivity contribution in [3.05, 3.63) is 59.5 Å². The molecule has 1 aromatic heterocycles. The zero-order chi connectivity index (χ0) is 18.6. The number of benzene rings is 1. The third-order valence-electron chi connectivity index (χ3n) is 4.17. The molecule has 1 unspecified atom stereocenters. The van der Waals surface area contributed by atoms with Crippen LogP contribution < -0.4 is 10.2 Å². The summed E-state index contributed by atoms with van der Waals surface area (Å²) in [4.78, 5) is 25.4. The van der Waals surface area contributed by atoms with Crippen LogP contribution >= 0.6 is 0 Å². The van der Waals surface area contributed by atoms with E-state index in [-0.39, 0.29) is 17.7 Å². The van der Waals surface area contributed by atoms with Crippen molar-refractivity contribution in [1.29, 1.82) is 0 Å². The zero-order valence-corrected chi connectivity index (χ0v) is 15.0. The standard InChI is InChI=1S/C19H23N3O3/c1-6-17(23)22(5)16-9-7-15(8-10-16)19(24)20-11-12(2)18-13(3)21-25-14(18)4/h6-10,12H,1,11H2,2-5H3,(H,20,24). The first-order valence-corrected chi connectivity index (χ1v) is 8.06. The summed E-state index contributed by atoms with van der Waals surface area (Å²) >= 11 is 0. The van der Waals surface area contributed by atoms with Crippen LogP contribution in [0.2, 0.25) is 0 Å². The monoisotopic (exact) mass is 341 g/mol. The van der Waals surface area contributed by atoms with Crippen molar-refractivity contribution in [2.24, 2.45) is 0 Å². The molecule has 6 nitrogen and oxygen atoms in total. The Kier molecular flexibility index (Phi) is 5.75. The van der Waals surface area contributed by atoms with Crippen LogP contribution in [0.4, 0.5) is 5.69 Å². The van der Waals surface area contributed by atoms with E-state index in [4.69, 9.17) is 4.52 Å². The van der Waals surface area contributed by atoms with Crippen LogP contribution in [-0.4, -0.2) is 30.6 Å². The number of nitrogens with one attached hydrogen (secondary N) is 1. The Labute approximate surface area is 147 Å². The molecule has 0 aliphatic heterocycles. The summed E-state index contributed by atoms with van der Waals surface area (Å²) < 4.78 is 5.17. The van der Waals surface area contributed by atoms with E-state index in [1.807, 2.05) is 20.8 Å². The van der Waals surface area contributed by atoms with Crippen molar-refractivity contribution in [1.82, 2.24) is 10.5 Å². The molecule has 2 amide bonds. The van der Waals surface area contributed by atoms with E-state index in [0.717, 1.165) is 17.0 Å². The molecule has 1 N–H and O–H groups in total. The Morgan fingerprint density at radius 1 is 1.32 bits per heavy atom. The van der Waals surface area contributed by atoms with Gasteiger partial charge in [-0.25, -0.2) is 0 Å². The molecule has 25 heavy (non-hydrogen) atoms. The van der Waals surface area contributed by atoms with Crippen molar-refractivity contribution in [3.8, 4) is 0 Å². The van der Waals surface area contributed by atoms with Gasteiger partial charge in [-0.2, -0.15) is 0 Å². The van der Waals surface area contributed by atoms with Gasteiger partial charge in [0, 0.05) is 36.3 Å². The van der Waals surface area contributed by atoms with Crippen LogP contribution in [0.25, 0.3) is 0 Å². The molecule has 2 aromatic rings. The van der Waals surface area contributed by atoms with Gasteiger partial charge in [-0.15, -0.1) is 0 Å². The molecule has 0 saturated carbocycles. The van der Waals surface area contributed by atoms with Gasteiger partial charge in [-0.05, 0) is 44.2 Å². The van der Waals surface area contributed by atoms with Crippen LogP contribution in [-0.2, 0) is 4.79 Å². The van der Waals surface area contributed by atoms with Gasteiger partial charge in [0.05, 0.1) is 5.69 Å². The second kappa shape index (κ2) is 7.79. The molecule has 2 rings (SSSR count). The first-order valence-electron chi connectivity index (χ1n) is 8.06. The molecule has 1 atom stereocenters. The van der Waals surface area contributed by atoms with Gasteiger partial charge in [0.25, 0.3) is 5.91 Å². The fourth-order valence-corrected chi connectivity index (χ4v) is 2.74. The number of aromatic nitrogens is 1. The minimum atomic E-state index is -0.203. The van der Waals surface area contributed by atoms with Crippen molar-refractivity contribution in [2.45, 2.75) is 26.7 Å². The van der Waals surface area contributed by atoms with Crippen LogP contribution in [0.3, 0.4) is 0 Å². The second-order valence-corrected chi connectivity index (χ2v) is 6.00. The summed E-state index contributed by atoms with van der Waals surface area (Å²) in [6.45, 7) is 9.73. The van der Waals surface area contributed by atoms with E-state index in [1.165, 1.54) is 11.0 Å². The predicted octanol–water partition coefficient (Wildman–Crippen LogP) is 2.97. The number of carbonyl (C=O) groups is 2. The molecule has 1 heterocycles. The quantitative estimate of drug-likeness (QED) is 0.820. The molecule has 132 valence electrons. The number of amides is 2. The molecule has 0 radical (unpaired) electrons. The highest BCUT2D eigenvalue weighted by Gasteiger charge is 2.17. The number of carbonyl (C=O) groups excluding carboxylic acids is 2. The Balaban J connectivity index is 1.99. The summed E-state index contributed by atoms with van der Waals surface area (Å²) in [5, 5.41) is 6.86. The predicted molar refractivity (Wildman–Crippen MR) is 96.8 cm³/mol. The van der Waals surface area contributed by atoms with Crippen molar-refractivity contribution in [3.63, 3.8) is 0 Å². The number of likely N-dealkylation sites (N-methyl/N-ethyl adjacent to an activating group) is 1. The maximum Gasteiger partial charge on any atom is 0.251 e. The van der Waals surface area contributed by atoms with Crippen molar-refractivity contribution >= 4 is 17.5 Å². The zero-order valence-electron chi connectivity index (χ0n) is 15.0. The van der Waals surface area contributed by atoms with Gasteiger partial charge in [0.15, 0.2) is 0 Å². The van der Waals surface area contributed by atoms with Gasteiger partial charge in [0.1, 0.15) is 5.76 Å². The van der Waals surface area contributed by atoms with E-state index in [0.29, 0.717) is 17.8 Å². The van der Waals surface area contributed by atoms with Gasteiger partial charge in [-0.1, -0.05) is 18.7 Å². The average Bonchev–Trinajstić information content (AvgIpc) is 2.96. The van der Waals surface area contributed by atoms with Gasteiger partial charge < -0.3 is 14.7 Å². The summed E-state index contributed by atoms with van der Waals surface area (Å²) in [5.41, 5.74) is 3.11. The Morgan fingerprint density at radius 3 is 2.48 bits per heavy atom. The highest BCUT2D eigenvalue weighted by Crippen LogP contribution is 2.22. The molecule has 0 saturated heterocycles. The first kappa shape index (κ1) is 18.4. The van der Waals surface area contributed by atoms with Crippen LogP contribution in [0.15, 0.2) is 41.4 Å². The SMILES string of the molecule is C=CC(=O)N(C)c1ccc(C(=O)NCC(C)c2c(C)noc2C)cc1. The van der Waals surface area contributed by atoms with E-state index < -0.39 is 0 Å². The lowest BCUT2D eigenvalue weighted by molar-refractivity contribution is -0.113. The normalized spacial score (nSPS) is 11.7. The Hall–Kier alpha value is -2.89. The molecule has 0 aliphatic rings. The lowest BCUT2D eigenvalue weighted by Gasteiger charge is -2.16. The van der Waals surface area contributed by atoms with Crippen LogP contribution in [0.1, 0.15) is 40.2 Å². The average molecular weight is 341 g/mol. The topological polar surface area (TPSA) is 75.4 Å². The largest absolute Gasteiger partial charge is 0.361 e. The smallest absolute Gasteiger partial charge is 0.251 e. The highest BCUT2D eigenvalue weighted by atomic mass is 16.5. The number of hydrogen-bond donors (Lipinski definition) is 1. The lowest BCUT2D eigenvalue weighted by atomic mass is 9.99. The number of anilines is 1. The number of aryl methyl sites for hydroxylation is 2. The van der Waals surface area contributed by atoms with Crippen molar-refractivity contribution in [2.75, 3.05) is 18.5 Å². The Morgan fingerprint density at radius 2 is 1.96 bits per heavy atom. The Bertz CT molecular complexity index is 758. The summed E-state index contributed by atoms with van der Waals surface area (Å²) in [6.07, 6.45) is 1.25. The lowest BCUT2D eigenvalue weighted by Crippen LogP contribution is -2.28. The fourth-order valence-electron chi connectivity index (χ4n) is 2.74. The molecular weight excluding hydrogens is 318 g/mol. The third-order valence-corrected chi connectivity index (χ3v) is 4.17. The van der Waals surface area contributed by atoms with E-state index >= 15 is 0 Å². The van der Waals surface area contributed by atoms with Gasteiger partial charge in [-0.3, -0.25) is 9.59 Å². The first-order chi connectivity index (χ1) is 11.8. The molecule has 0 aliphatic carbocycles. The van der Waals surface area contributed by atoms with Gasteiger partial charge >= 0.3 is 0 Å². The number of nitrogens with zero attached hydrogens (tertiary/aromatic N) is 2. The maximum atomic E-state index is 12.3. The number of rotatable bonds is 6. The summed E-state index contributed by atoms with van der Waals surface area (Å²) in [5.74, 6) is 0.512. The molecule has 0 spiro atoms. The summed E-state index contributed by atoms with van der Waals surface area (Å²) in [7, 11) is 1.66. The van der Waals surface area contributed by atoms with Crippen LogP contribution in [0, 0.1) is 13.8 Å². The number of hydrogen-bond acceptors (Lipinski definition) is 4. The van der Waals surface area contributed by atoms with E-state index in [2.05, 4.69) is 17.1 Å². The highest BCUT2D eigenvalue weighted by molar-refractivity contribution is 6.01. The maximum absolute atomic E-state index is 12.3. The molecule has 0 bridgehead atoms. The van der Waals surface area contributed by atoms with Gasteiger partial charge in [0.2, 0.25) is 5.91 Å². The minimum Gasteiger partial charge on any atom is -0.361 e. The van der Waals surface area contributed by atoms with Crippen LogP contribution in [0.5, 0.6) is 0 Å². The van der Waals surface area contributed by atoms with Crippen molar-refractivity contribution < 1.29 is 14.1 Å². The fraction of sp³-hybridized carbons (Fsp3) is 0.316. The molecule has 6 heteroatoms. The summed E-state index contributed by atoms with van der Waals surface area (Å²) in [6, 6.07) is 6.85.